The summed E-state index contributed by atoms with van der Waals surface area (Å²) in [7, 11) is 0. The molecule has 0 aliphatic carbocycles. The van der Waals surface area contributed by atoms with Crippen LogP contribution in [0.25, 0.3) is 0 Å². The molecule has 0 unspecified atom stereocenters. The summed E-state index contributed by atoms with van der Waals surface area (Å²) < 4.78 is 37.8. The molecule has 0 bridgehead atoms. The van der Waals surface area contributed by atoms with Crippen molar-refractivity contribution in [3.05, 3.63) is 65.7 Å². The molecule has 1 N–H and O–H groups in total. The number of alkyl halides is 3. The average Bonchev–Trinajstić information content (AvgIpc) is 2.62. The Hall–Kier alpha value is -2.05. The van der Waals surface area contributed by atoms with Gasteiger partial charge in [0, 0.05) is 38.4 Å². The summed E-state index contributed by atoms with van der Waals surface area (Å²) >= 11 is 0. The SMILES string of the molecule is O[C@H](CN1CCN(c2ccccc2)CC1)c1ccc(C(F)(F)F)cc1. The second-order valence-corrected chi connectivity index (χ2v) is 6.26. The summed E-state index contributed by atoms with van der Waals surface area (Å²) in [6.45, 7) is 3.78. The normalized spacial score (nSPS) is 17.5. The number of piperazine rings is 1. The fourth-order valence-electron chi connectivity index (χ4n) is 3.07. The molecule has 134 valence electrons. The summed E-state index contributed by atoms with van der Waals surface area (Å²) in [6.07, 6.45) is -5.14. The van der Waals surface area contributed by atoms with Crippen LogP contribution in [-0.4, -0.2) is 42.7 Å². The van der Waals surface area contributed by atoms with E-state index in [-0.39, 0.29) is 0 Å². The lowest BCUT2D eigenvalue weighted by Crippen LogP contribution is -2.47. The lowest BCUT2D eigenvalue weighted by Gasteiger charge is -2.37. The number of anilines is 1. The molecule has 0 spiro atoms. The smallest absolute Gasteiger partial charge is 0.387 e. The maximum absolute atomic E-state index is 12.6. The number of para-hydroxylation sites is 1. The number of aliphatic hydroxyl groups excluding tert-OH is 1. The summed E-state index contributed by atoms with van der Waals surface area (Å²) in [5.41, 5.74) is 1.00. The molecule has 2 aromatic rings. The first-order valence-electron chi connectivity index (χ1n) is 8.31. The number of hydrogen-bond acceptors (Lipinski definition) is 3. The topological polar surface area (TPSA) is 26.7 Å². The third-order valence-corrected chi connectivity index (χ3v) is 4.55. The van der Waals surface area contributed by atoms with Gasteiger partial charge in [0.25, 0.3) is 0 Å². The van der Waals surface area contributed by atoms with Gasteiger partial charge in [-0.3, -0.25) is 4.90 Å². The van der Waals surface area contributed by atoms with Crippen LogP contribution in [0, 0.1) is 0 Å². The molecule has 2 aromatic carbocycles. The molecular weight excluding hydrogens is 329 g/mol. The van der Waals surface area contributed by atoms with E-state index < -0.39 is 17.8 Å². The molecule has 1 saturated heterocycles. The molecule has 3 rings (SSSR count). The third kappa shape index (κ3) is 4.52. The van der Waals surface area contributed by atoms with E-state index in [0.29, 0.717) is 12.1 Å². The zero-order chi connectivity index (χ0) is 17.9. The molecular formula is C19H21F3N2O. The van der Waals surface area contributed by atoms with Crippen LogP contribution >= 0.6 is 0 Å². The number of hydrogen-bond donors (Lipinski definition) is 1. The number of nitrogens with zero attached hydrogens (tertiary/aromatic N) is 2. The fraction of sp³-hybridized carbons (Fsp3) is 0.368. The summed E-state index contributed by atoms with van der Waals surface area (Å²) in [5.74, 6) is 0. The number of halogens is 3. The molecule has 0 saturated carbocycles. The van der Waals surface area contributed by atoms with Crippen molar-refractivity contribution in [1.29, 1.82) is 0 Å². The van der Waals surface area contributed by atoms with Crippen molar-refractivity contribution in [1.82, 2.24) is 4.90 Å². The number of benzene rings is 2. The Morgan fingerprint density at radius 2 is 1.48 bits per heavy atom. The summed E-state index contributed by atoms with van der Waals surface area (Å²) in [4.78, 5) is 4.43. The van der Waals surface area contributed by atoms with E-state index in [9.17, 15) is 18.3 Å². The van der Waals surface area contributed by atoms with Crippen molar-refractivity contribution in [2.75, 3.05) is 37.6 Å². The highest BCUT2D eigenvalue weighted by atomic mass is 19.4. The van der Waals surface area contributed by atoms with Gasteiger partial charge < -0.3 is 10.0 Å². The van der Waals surface area contributed by atoms with Gasteiger partial charge in [0.05, 0.1) is 11.7 Å². The quantitative estimate of drug-likeness (QED) is 0.913. The molecule has 0 aromatic heterocycles. The summed E-state index contributed by atoms with van der Waals surface area (Å²) in [6, 6.07) is 14.9. The van der Waals surface area contributed by atoms with Gasteiger partial charge in [-0.25, -0.2) is 0 Å². The van der Waals surface area contributed by atoms with Gasteiger partial charge in [0.1, 0.15) is 0 Å². The molecule has 1 aliphatic heterocycles. The Morgan fingerprint density at radius 3 is 2.04 bits per heavy atom. The predicted octanol–water partition coefficient (Wildman–Crippen LogP) is 3.56. The Kier molecular flexibility index (Phi) is 5.30. The van der Waals surface area contributed by atoms with Crippen LogP contribution in [0.1, 0.15) is 17.2 Å². The highest BCUT2D eigenvalue weighted by Gasteiger charge is 2.30. The molecule has 0 amide bonds. The van der Waals surface area contributed by atoms with E-state index in [0.717, 1.165) is 38.3 Å². The van der Waals surface area contributed by atoms with Crippen LogP contribution in [0.5, 0.6) is 0 Å². The van der Waals surface area contributed by atoms with Crippen LogP contribution in [-0.2, 0) is 6.18 Å². The monoisotopic (exact) mass is 350 g/mol. The lowest BCUT2D eigenvalue weighted by atomic mass is 10.1. The number of β-amino-alcohol motifs (C(OH)–C–C–N with tert-alkyl or cyclic N) is 1. The Balaban J connectivity index is 1.53. The van der Waals surface area contributed by atoms with Gasteiger partial charge in [0.15, 0.2) is 0 Å². The van der Waals surface area contributed by atoms with E-state index in [4.69, 9.17) is 0 Å². The van der Waals surface area contributed by atoms with Gasteiger partial charge in [0.2, 0.25) is 0 Å². The van der Waals surface area contributed by atoms with Gasteiger partial charge in [-0.2, -0.15) is 13.2 Å². The van der Waals surface area contributed by atoms with Crippen molar-refractivity contribution in [3.63, 3.8) is 0 Å². The largest absolute Gasteiger partial charge is 0.416 e. The maximum atomic E-state index is 12.6. The predicted molar refractivity (Wildman–Crippen MR) is 91.5 cm³/mol. The van der Waals surface area contributed by atoms with Crippen molar-refractivity contribution < 1.29 is 18.3 Å². The van der Waals surface area contributed by atoms with Crippen LogP contribution in [0.4, 0.5) is 18.9 Å². The van der Waals surface area contributed by atoms with E-state index in [1.165, 1.54) is 17.8 Å². The Morgan fingerprint density at radius 1 is 0.880 bits per heavy atom. The minimum Gasteiger partial charge on any atom is -0.387 e. The second kappa shape index (κ2) is 7.45. The summed E-state index contributed by atoms with van der Waals surface area (Å²) in [5, 5.41) is 10.3. The maximum Gasteiger partial charge on any atom is 0.416 e. The molecule has 1 fully saturated rings. The number of aliphatic hydroxyl groups is 1. The molecule has 25 heavy (non-hydrogen) atoms. The van der Waals surface area contributed by atoms with Crippen molar-refractivity contribution in [2.24, 2.45) is 0 Å². The van der Waals surface area contributed by atoms with E-state index in [1.54, 1.807) is 0 Å². The lowest BCUT2D eigenvalue weighted by molar-refractivity contribution is -0.137. The minimum atomic E-state index is -4.35. The zero-order valence-electron chi connectivity index (χ0n) is 13.8. The van der Waals surface area contributed by atoms with E-state index >= 15 is 0 Å². The first kappa shape index (κ1) is 17.8. The molecule has 6 heteroatoms. The van der Waals surface area contributed by atoms with Crippen LogP contribution in [0.3, 0.4) is 0 Å². The van der Waals surface area contributed by atoms with E-state index in [1.807, 2.05) is 18.2 Å². The van der Waals surface area contributed by atoms with E-state index in [2.05, 4.69) is 21.9 Å². The average molecular weight is 350 g/mol. The Labute approximate surface area is 145 Å². The first-order chi connectivity index (χ1) is 11.9. The number of rotatable bonds is 4. The minimum absolute atomic E-state index is 0.425. The van der Waals surface area contributed by atoms with Crippen molar-refractivity contribution in [2.45, 2.75) is 12.3 Å². The Bertz CT molecular complexity index is 665. The van der Waals surface area contributed by atoms with Gasteiger partial charge in [-0.1, -0.05) is 30.3 Å². The third-order valence-electron chi connectivity index (χ3n) is 4.55. The van der Waals surface area contributed by atoms with Crippen molar-refractivity contribution in [3.8, 4) is 0 Å². The standard InChI is InChI=1S/C19H21F3N2O/c20-19(21,22)16-8-6-15(7-9-16)18(25)14-23-10-12-24(13-11-23)17-4-2-1-3-5-17/h1-9,18,25H,10-14H2/t18-/m1/s1. The van der Waals surface area contributed by atoms with Crippen molar-refractivity contribution >= 4 is 5.69 Å². The fourth-order valence-corrected chi connectivity index (χ4v) is 3.07. The van der Waals surface area contributed by atoms with Gasteiger partial charge in [-0.05, 0) is 29.8 Å². The van der Waals surface area contributed by atoms with Crippen LogP contribution < -0.4 is 4.90 Å². The van der Waals surface area contributed by atoms with Crippen LogP contribution in [0.15, 0.2) is 54.6 Å². The molecule has 1 atom stereocenters. The first-order valence-corrected chi connectivity index (χ1v) is 8.31. The van der Waals surface area contributed by atoms with Crippen LogP contribution in [0.2, 0.25) is 0 Å². The molecule has 0 radical (unpaired) electrons. The zero-order valence-corrected chi connectivity index (χ0v) is 13.8. The van der Waals surface area contributed by atoms with Gasteiger partial charge >= 0.3 is 6.18 Å². The highest BCUT2D eigenvalue weighted by Crippen LogP contribution is 2.30. The van der Waals surface area contributed by atoms with Gasteiger partial charge in [-0.15, -0.1) is 0 Å². The highest BCUT2D eigenvalue weighted by molar-refractivity contribution is 5.46. The molecule has 1 aliphatic rings. The molecule has 3 nitrogen and oxygen atoms in total. The second-order valence-electron chi connectivity index (χ2n) is 6.26. The molecule has 1 heterocycles.